The maximum absolute atomic E-state index is 13.0. The first-order valence-corrected chi connectivity index (χ1v) is 10.0. The van der Waals surface area contributed by atoms with Crippen LogP contribution in [0.25, 0.3) is 0 Å². The number of nitrogens with zero attached hydrogens (tertiary/aromatic N) is 1. The topological polar surface area (TPSA) is 66.8 Å². The van der Waals surface area contributed by atoms with Gasteiger partial charge >= 0.3 is 5.97 Å². The number of benzene rings is 1. The fraction of sp³-hybridized carbons (Fsp3) is 0.636. The van der Waals surface area contributed by atoms with Crippen LogP contribution >= 0.6 is 0 Å². The van der Waals surface area contributed by atoms with Crippen LogP contribution in [0.3, 0.4) is 0 Å². The van der Waals surface area contributed by atoms with Crippen molar-refractivity contribution in [1.82, 2.24) is 4.90 Å². The number of carbonyl (C=O) groups excluding carboxylic acids is 2. The fourth-order valence-electron chi connectivity index (χ4n) is 6.03. The molecule has 4 bridgehead atoms. The van der Waals surface area contributed by atoms with Gasteiger partial charge in [-0.25, -0.2) is 0 Å². The monoisotopic (exact) mass is 371 g/mol. The molecule has 0 spiro atoms. The van der Waals surface area contributed by atoms with E-state index in [0.29, 0.717) is 24.8 Å². The first kappa shape index (κ1) is 18.5. The minimum Gasteiger partial charge on any atom is -0.452 e. The molecule has 2 unspecified atom stereocenters. The Hall–Kier alpha value is -1.88. The van der Waals surface area contributed by atoms with E-state index >= 15 is 0 Å². The summed E-state index contributed by atoms with van der Waals surface area (Å²) in [5.41, 5.74) is -0.263. The summed E-state index contributed by atoms with van der Waals surface area (Å²) in [6.07, 6.45) is 4.02. The molecule has 1 aromatic carbocycles. The van der Waals surface area contributed by atoms with E-state index < -0.39 is 17.1 Å². The molecule has 4 aliphatic rings. The molecule has 5 rings (SSSR count). The van der Waals surface area contributed by atoms with Crippen LogP contribution in [0.5, 0.6) is 0 Å². The van der Waals surface area contributed by atoms with Gasteiger partial charge in [0.25, 0.3) is 5.91 Å². The third kappa shape index (κ3) is 3.49. The molecule has 0 aliphatic heterocycles. The molecule has 0 radical (unpaired) electrons. The smallest absolute Gasteiger partial charge is 0.312 e. The molecule has 5 nitrogen and oxygen atoms in total. The number of likely N-dealkylation sites (N-methyl/N-ethyl adjacent to an activating group) is 1. The number of rotatable bonds is 5. The predicted octanol–water partition coefficient (Wildman–Crippen LogP) is 2.91. The lowest BCUT2D eigenvalue weighted by atomic mass is 9.48. The number of carbonyl (C=O) groups is 2. The van der Waals surface area contributed by atoms with Gasteiger partial charge in [0, 0.05) is 13.6 Å². The van der Waals surface area contributed by atoms with Gasteiger partial charge in [0.15, 0.2) is 6.10 Å². The van der Waals surface area contributed by atoms with Crippen molar-refractivity contribution in [3.05, 3.63) is 35.9 Å². The molecule has 0 aromatic heterocycles. The van der Waals surface area contributed by atoms with Crippen molar-refractivity contribution in [1.29, 1.82) is 0 Å². The van der Waals surface area contributed by atoms with Crippen LogP contribution in [-0.4, -0.2) is 40.6 Å². The molecule has 4 fully saturated rings. The van der Waals surface area contributed by atoms with E-state index in [2.05, 4.69) is 0 Å². The van der Waals surface area contributed by atoms with Crippen molar-refractivity contribution < 1.29 is 19.4 Å². The number of hydrogen-bond acceptors (Lipinski definition) is 4. The van der Waals surface area contributed by atoms with Gasteiger partial charge in [0.05, 0.1) is 11.0 Å². The van der Waals surface area contributed by atoms with E-state index in [0.717, 1.165) is 37.7 Å². The largest absolute Gasteiger partial charge is 0.452 e. The Bertz CT molecular complexity index is 717. The van der Waals surface area contributed by atoms with E-state index in [1.165, 1.54) is 0 Å². The number of aliphatic hydroxyl groups is 1. The van der Waals surface area contributed by atoms with Gasteiger partial charge in [-0.1, -0.05) is 30.3 Å². The average Bonchev–Trinajstić information content (AvgIpc) is 2.59. The molecule has 0 heterocycles. The molecular formula is C22H29NO4. The number of ether oxygens (including phenoxy) is 1. The SMILES string of the molecule is C[C@@H](OC(=O)C12C[C@@H]3C[C@@H](CC(O)(C3)C1)C2)C(=O)N(C)Cc1ccccc1. The Labute approximate surface area is 160 Å². The van der Waals surface area contributed by atoms with Gasteiger partial charge < -0.3 is 14.7 Å². The van der Waals surface area contributed by atoms with E-state index in [1.807, 2.05) is 30.3 Å². The van der Waals surface area contributed by atoms with Crippen molar-refractivity contribution in [3.8, 4) is 0 Å². The van der Waals surface area contributed by atoms with Gasteiger partial charge in [-0.3, -0.25) is 9.59 Å². The molecule has 27 heavy (non-hydrogen) atoms. The summed E-state index contributed by atoms with van der Waals surface area (Å²) in [7, 11) is 1.73. The Morgan fingerprint density at radius 3 is 2.41 bits per heavy atom. The Morgan fingerprint density at radius 1 is 1.19 bits per heavy atom. The average molecular weight is 371 g/mol. The second-order valence-corrected chi connectivity index (χ2v) is 9.19. The molecule has 1 aromatic rings. The van der Waals surface area contributed by atoms with Crippen molar-refractivity contribution in [2.24, 2.45) is 17.3 Å². The molecule has 5 heteroatoms. The van der Waals surface area contributed by atoms with Gasteiger partial charge in [0.2, 0.25) is 0 Å². The molecule has 146 valence electrons. The van der Waals surface area contributed by atoms with Gasteiger partial charge in [0.1, 0.15) is 0 Å². The van der Waals surface area contributed by atoms with E-state index in [1.54, 1.807) is 18.9 Å². The first-order valence-electron chi connectivity index (χ1n) is 10.0. The molecule has 4 saturated carbocycles. The molecule has 5 atom stereocenters. The normalized spacial score (nSPS) is 34.9. The molecule has 4 aliphatic carbocycles. The Kier molecular flexibility index (Phi) is 4.53. The fourth-order valence-corrected chi connectivity index (χ4v) is 6.03. The van der Waals surface area contributed by atoms with E-state index in [9.17, 15) is 14.7 Å². The van der Waals surface area contributed by atoms with Crippen LogP contribution in [0.1, 0.15) is 51.0 Å². The third-order valence-corrected chi connectivity index (χ3v) is 6.73. The summed E-state index contributed by atoms with van der Waals surface area (Å²) in [5.74, 6) is 0.339. The minimum absolute atomic E-state index is 0.198. The van der Waals surface area contributed by atoms with E-state index in [-0.39, 0.29) is 11.9 Å². The predicted molar refractivity (Wildman–Crippen MR) is 101 cm³/mol. The van der Waals surface area contributed by atoms with Gasteiger partial charge in [-0.2, -0.15) is 0 Å². The summed E-state index contributed by atoms with van der Waals surface area (Å²) < 4.78 is 5.66. The number of amides is 1. The van der Waals surface area contributed by atoms with Gasteiger partial charge in [-0.15, -0.1) is 0 Å². The zero-order valence-corrected chi connectivity index (χ0v) is 16.2. The highest BCUT2D eigenvalue weighted by atomic mass is 16.5. The quantitative estimate of drug-likeness (QED) is 0.808. The lowest BCUT2D eigenvalue weighted by Crippen LogP contribution is -2.59. The van der Waals surface area contributed by atoms with E-state index in [4.69, 9.17) is 4.74 Å². The van der Waals surface area contributed by atoms with Crippen molar-refractivity contribution in [3.63, 3.8) is 0 Å². The number of esters is 1. The molecular weight excluding hydrogens is 342 g/mol. The second-order valence-electron chi connectivity index (χ2n) is 9.19. The maximum atomic E-state index is 13.0. The Balaban J connectivity index is 1.40. The Morgan fingerprint density at radius 2 is 1.81 bits per heavy atom. The molecule has 1 N–H and O–H groups in total. The highest BCUT2D eigenvalue weighted by molar-refractivity contribution is 5.85. The standard InChI is InChI=1S/C22H29NO4/c1-15(19(24)23(2)13-16-6-4-3-5-7-16)27-20(25)21-9-17-8-18(10-21)12-22(26,11-17)14-21/h3-7,15,17-18,26H,8-14H2,1-2H3/t15-,17-,18+,21?,22?/m1/s1. The highest BCUT2D eigenvalue weighted by Crippen LogP contribution is 2.62. The van der Waals surface area contributed by atoms with Crippen LogP contribution in [0.2, 0.25) is 0 Å². The summed E-state index contributed by atoms with van der Waals surface area (Å²) >= 11 is 0. The molecule has 0 saturated heterocycles. The van der Waals surface area contributed by atoms with Crippen LogP contribution in [0.15, 0.2) is 30.3 Å². The third-order valence-electron chi connectivity index (χ3n) is 6.73. The zero-order chi connectivity index (χ0) is 19.2. The van der Waals surface area contributed by atoms with Crippen molar-refractivity contribution >= 4 is 11.9 Å². The molecule has 1 amide bonds. The summed E-state index contributed by atoms with van der Waals surface area (Å²) in [5, 5.41) is 10.8. The van der Waals surface area contributed by atoms with Crippen molar-refractivity contribution in [2.75, 3.05) is 7.05 Å². The maximum Gasteiger partial charge on any atom is 0.312 e. The summed E-state index contributed by atoms with van der Waals surface area (Å²) in [6, 6.07) is 9.76. The summed E-state index contributed by atoms with van der Waals surface area (Å²) in [6.45, 7) is 2.13. The van der Waals surface area contributed by atoms with Crippen LogP contribution in [0.4, 0.5) is 0 Å². The minimum atomic E-state index is -0.811. The van der Waals surface area contributed by atoms with Gasteiger partial charge in [-0.05, 0) is 62.8 Å². The van der Waals surface area contributed by atoms with Crippen LogP contribution in [0, 0.1) is 17.3 Å². The van der Waals surface area contributed by atoms with Crippen molar-refractivity contribution in [2.45, 2.75) is 63.7 Å². The first-order chi connectivity index (χ1) is 12.8. The lowest BCUT2D eigenvalue weighted by molar-refractivity contribution is -0.200. The van der Waals surface area contributed by atoms with Crippen LogP contribution < -0.4 is 0 Å². The number of hydrogen-bond donors (Lipinski definition) is 1. The van der Waals surface area contributed by atoms with Crippen LogP contribution in [-0.2, 0) is 20.9 Å². The second kappa shape index (κ2) is 6.62. The zero-order valence-electron chi connectivity index (χ0n) is 16.2. The summed E-state index contributed by atoms with van der Waals surface area (Å²) in [4.78, 5) is 27.3. The lowest BCUT2D eigenvalue weighted by Gasteiger charge is -2.58. The highest BCUT2D eigenvalue weighted by Gasteiger charge is 2.61.